The highest BCUT2D eigenvalue weighted by Gasteiger charge is 2.28. The molecule has 1 aliphatic rings. The van der Waals surface area contributed by atoms with Gasteiger partial charge < -0.3 is 19.7 Å². The molecule has 0 radical (unpaired) electrons. The first-order chi connectivity index (χ1) is 11.1. The van der Waals surface area contributed by atoms with Crippen LogP contribution in [0.1, 0.15) is 47.0 Å². The van der Waals surface area contributed by atoms with Crippen LogP contribution in [-0.2, 0) is 14.3 Å². The summed E-state index contributed by atoms with van der Waals surface area (Å²) in [5, 5.41) is 3.33. The number of rotatable bonds is 8. The van der Waals surface area contributed by atoms with E-state index in [0.717, 1.165) is 51.5 Å². The lowest BCUT2D eigenvalue weighted by Crippen LogP contribution is -2.48. The summed E-state index contributed by atoms with van der Waals surface area (Å²) in [5.74, 6) is 0.765. The van der Waals surface area contributed by atoms with Gasteiger partial charge in [-0.1, -0.05) is 0 Å². The summed E-state index contributed by atoms with van der Waals surface area (Å²) < 4.78 is 10.7. The molecule has 0 amide bonds. The molecule has 1 atom stereocenters. The number of hydrogen-bond donors (Lipinski definition) is 1. The first-order valence-corrected chi connectivity index (χ1v) is 8.89. The summed E-state index contributed by atoms with van der Waals surface area (Å²) in [6.45, 7) is 12.3. The molecule has 0 aromatic heterocycles. The Labute approximate surface area is 140 Å². The maximum Gasteiger partial charge on any atom is 0.310 e. The second-order valence-electron chi connectivity index (χ2n) is 6.05. The van der Waals surface area contributed by atoms with Gasteiger partial charge in [0.05, 0.1) is 18.6 Å². The lowest BCUT2D eigenvalue weighted by Gasteiger charge is -2.34. The van der Waals surface area contributed by atoms with Crippen molar-refractivity contribution in [1.29, 1.82) is 0 Å². The van der Waals surface area contributed by atoms with Gasteiger partial charge in [-0.25, -0.2) is 0 Å². The fourth-order valence-electron chi connectivity index (χ4n) is 2.62. The highest BCUT2D eigenvalue weighted by molar-refractivity contribution is 5.81. The predicted octanol–water partition coefficient (Wildman–Crippen LogP) is 2.04. The molecule has 134 valence electrons. The standard InChI is InChI=1S/C17H33N3O3/c1-5-18-17(19-10-8-12-23-14(3)4)20-11-7-9-15(13-20)16(21)22-6-2/h14-15H,5-13H2,1-4H3,(H,18,19). The average Bonchev–Trinajstić information content (AvgIpc) is 2.53. The van der Waals surface area contributed by atoms with Crippen molar-refractivity contribution in [2.45, 2.75) is 53.1 Å². The number of likely N-dealkylation sites (tertiary alicyclic amines) is 1. The quantitative estimate of drug-likeness (QED) is 0.320. The largest absolute Gasteiger partial charge is 0.466 e. The molecule has 0 aromatic carbocycles. The summed E-state index contributed by atoms with van der Waals surface area (Å²) in [4.78, 5) is 18.8. The van der Waals surface area contributed by atoms with E-state index >= 15 is 0 Å². The van der Waals surface area contributed by atoms with Crippen LogP contribution in [0.5, 0.6) is 0 Å². The topological polar surface area (TPSA) is 63.2 Å². The SMILES string of the molecule is CCNC(=NCCCOC(C)C)N1CCCC(C(=O)OCC)C1. The molecule has 1 N–H and O–H groups in total. The van der Waals surface area contributed by atoms with Gasteiger partial charge in [0.2, 0.25) is 0 Å². The number of aliphatic imine (C=N–C) groups is 1. The van der Waals surface area contributed by atoms with Gasteiger partial charge in [-0.15, -0.1) is 0 Å². The van der Waals surface area contributed by atoms with E-state index < -0.39 is 0 Å². The van der Waals surface area contributed by atoms with Crippen molar-refractivity contribution in [2.75, 3.05) is 39.4 Å². The van der Waals surface area contributed by atoms with Crippen LogP contribution >= 0.6 is 0 Å². The summed E-state index contributed by atoms with van der Waals surface area (Å²) in [6.07, 6.45) is 3.06. The summed E-state index contributed by atoms with van der Waals surface area (Å²) in [7, 11) is 0. The van der Waals surface area contributed by atoms with Crippen molar-refractivity contribution >= 4 is 11.9 Å². The van der Waals surface area contributed by atoms with Crippen molar-refractivity contribution in [1.82, 2.24) is 10.2 Å². The van der Waals surface area contributed by atoms with E-state index in [0.29, 0.717) is 13.2 Å². The molecule has 1 saturated heterocycles. The number of esters is 1. The molecule has 0 aromatic rings. The third-order valence-corrected chi connectivity index (χ3v) is 3.69. The van der Waals surface area contributed by atoms with Crippen LogP contribution in [0, 0.1) is 5.92 Å². The van der Waals surface area contributed by atoms with Crippen LogP contribution in [0.25, 0.3) is 0 Å². The fraction of sp³-hybridized carbons (Fsp3) is 0.882. The van der Waals surface area contributed by atoms with Crippen LogP contribution in [-0.4, -0.2) is 62.3 Å². The number of guanidine groups is 1. The number of nitrogens with one attached hydrogen (secondary N) is 1. The van der Waals surface area contributed by atoms with Crippen LogP contribution in [0.2, 0.25) is 0 Å². The van der Waals surface area contributed by atoms with E-state index in [1.165, 1.54) is 0 Å². The van der Waals surface area contributed by atoms with Crippen LogP contribution in [0.15, 0.2) is 4.99 Å². The summed E-state index contributed by atoms with van der Waals surface area (Å²) in [5.41, 5.74) is 0. The normalized spacial score (nSPS) is 19.1. The Bertz CT molecular complexity index is 372. The van der Waals surface area contributed by atoms with Crippen LogP contribution in [0.3, 0.4) is 0 Å². The van der Waals surface area contributed by atoms with Crippen molar-refractivity contribution in [3.63, 3.8) is 0 Å². The zero-order valence-electron chi connectivity index (χ0n) is 15.1. The minimum Gasteiger partial charge on any atom is -0.466 e. The van der Waals surface area contributed by atoms with E-state index in [2.05, 4.69) is 22.1 Å². The van der Waals surface area contributed by atoms with E-state index in [4.69, 9.17) is 9.47 Å². The third-order valence-electron chi connectivity index (χ3n) is 3.69. The Kier molecular flexibility index (Phi) is 9.67. The first kappa shape index (κ1) is 19.7. The van der Waals surface area contributed by atoms with E-state index in [1.54, 1.807) is 0 Å². The minimum atomic E-state index is -0.0848. The molecule has 0 spiro atoms. The van der Waals surface area contributed by atoms with Crippen molar-refractivity contribution in [3.05, 3.63) is 0 Å². The predicted molar refractivity (Wildman–Crippen MR) is 92.6 cm³/mol. The molecule has 6 heteroatoms. The van der Waals surface area contributed by atoms with Gasteiger partial charge in [0.1, 0.15) is 0 Å². The second-order valence-corrected chi connectivity index (χ2v) is 6.05. The summed E-state index contributed by atoms with van der Waals surface area (Å²) in [6, 6.07) is 0. The highest BCUT2D eigenvalue weighted by Crippen LogP contribution is 2.18. The number of carbonyl (C=O) groups excluding carboxylic acids is 1. The lowest BCUT2D eigenvalue weighted by atomic mass is 9.98. The van der Waals surface area contributed by atoms with Gasteiger partial charge >= 0.3 is 5.97 Å². The molecule has 0 aliphatic carbocycles. The molecule has 1 heterocycles. The Morgan fingerprint density at radius 3 is 2.83 bits per heavy atom. The molecular formula is C17H33N3O3. The van der Waals surface area contributed by atoms with Crippen molar-refractivity contribution in [3.8, 4) is 0 Å². The van der Waals surface area contributed by atoms with Crippen LogP contribution < -0.4 is 5.32 Å². The molecular weight excluding hydrogens is 294 g/mol. The lowest BCUT2D eigenvalue weighted by molar-refractivity contribution is -0.149. The van der Waals surface area contributed by atoms with Gasteiger partial charge in [0.15, 0.2) is 5.96 Å². The Balaban J connectivity index is 2.52. The Morgan fingerprint density at radius 2 is 2.17 bits per heavy atom. The number of nitrogens with zero attached hydrogens (tertiary/aromatic N) is 2. The second kappa shape index (κ2) is 11.3. The highest BCUT2D eigenvalue weighted by atomic mass is 16.5. The van der Waals surface area contributed by atoms with Gasteiger partial charge in [-0.2, -0.15) is 0 Å². The number of piperidine rings is 1. The van der Waals surface area contributed by atoms with E-state index in [-0.39, 0.29) is 18.0 Å². The zero-order chi connectivity index (χ0) is 17.1. The maximum absolute atomic E-state index is 12.0. The molecule has 0 saturated carbocycles. The molecule has 1 unspecified atom stereocenters. The molecule has 6 nitrogen and oxygen atoms in total. The molecule has 0 bridgehead atoms. The maximum atomic E-state index is 12.0. The van der Waals surface area contributed by atoms with Gasteiger partial charge in [-0.05, 0) is 47.0 Å². The number of carbonyl (C=O) groups is 1. The van der Waals surface area contributed by atoms with Gasteiger partial charge in [0.25, 0.3) is 0 Å². The third kappa shape index (κ3) is 7.68. The van der Waals surface area contributed by atoms with Crippen LogP contribution in [0.4, 0.5) is 0 Å². The Hall–Kier alpha value is -1.30. The van der Waals surface area contributed by atoms with E-state index in [9.17, 15) is 4.79 Å². The smallest absolute Gasteiger partial charge is 0.310 e. The number of ether oxygens (including phenoxy) is 2. The molecule has 1 aliphatic heterocycles. The molecule has 1 rings (SSSR count). The fourth-order valence-corrected chi connectivity index (χ4v) is 2.62. The summed E-state index contributed by atoms with van der Waals surface area (Å²) >= 11 is 0. The zero-order valence-corrected chi connectivity index (χ0v) is 15.1. The molecule has 1 fully saturated rings. The number of hydrogen-bond acceptors (Lipinski definition) is 4. The van der Waals surface area contributed by atoms with Crippen molar-refractivity contribution in [2.24, 2.45) is 10.9 Å². The molecule has 23 heavy (non-hydrogen) atoms. The average molecular weight is 327 g/mol. The first-order valence-electron chi connectivity index (χ1n) is 8.89. The monoisotopic (exact) mass is 327 g/mol. The van der Waals surface area contributed by atoms with E-state index in [1.807, 2.05) is 20.8 Å². The Morgan fingerprint density at radius 1 is 1.39 bits per heavy atom. The van der Waals surface area contributed by atoms with Crippen molar-refractivity contribution < 1.29 is 14.3 Å². The minimum absolute atomic E-state index is 0.0446. The van der Waals surface area contributed by atoms with Gasteiger partial charge in [0, 0.05) is 32.8 Å². The van der Waals surface area contributed by atoms with Gasteiger partial charge in [-0.3, -0.25) is 9.79 Å².